The second-order valence-electron chi connectivity index (χ2n) is 6.52. The van der Waals surface area contributed by atoms with Crippen molar-refractivity contribution in [1.82, 2.24) is 15.0 Å². The van der Waals surface area contributed by atoms with Gasteiger partial charge in [0.15, 0.2) is 6.23 Å². The zero-order valence-electron chi connectivity index (χ0n) is 14.6. The number of hydrogen-bond donors (Lipinski definition) is 0. The number of aromatic nitrogens is 3. The van der Waals surface area contributed by atoms with E-state index in [0.717, 1.165) is 24.5 Å². The van der Waals surface area contributed by atoms with Gasteiger partial charge in [-0.1, -0.05) is 47.2 Å². The van der Waals surface area contributed by atoms with Crippen molar-refractivity contribution in [1.29, 1.82) is 0 Å². The van der Waals surface area contributed by atoms with Gasteiger partial charge >= 0.3 is 0 Å². The van der Waals surface area contributed by atoms with Gasteiger partial charge in [0.1, 0.15) is 5.69 Å². The second-order valence-corrected chi connectivity index (χ2v) is 6.52. The molecule has 128 valence electrons. The van der Waals surface area contributed by atoms with Gasteiger partial charge < -0.3 is 9.64 Å². The van der Waals surface area contributed by atoms with Crippen molar-refractivity contribution >= 4 is 5.69 Å². The first kappa shape index (κ1) is 15.8. The molecule has 0 aliphatic carbocycles. The van der Waals surface area contributed by atoms with Crippen molar-refractivity contribution in [3.63, 3.8) is 0 Å². The molecule has 1 fully saturated rings. The highest BCUT2D eigenvalue weighted by Gasteiger charge is 2.29. The zero-order valence-corrected chi connectivity index (χ0v) is 14.6. The van der Waals surface area contributed by atoms with Crippen LogP contribution in [-0.2, 0) is 11.3 Å². The lowest BCUT2D eigenvalue weighted by atomic mass is 10.1. The van der Waals surface area contributed by atoms with Crippen LogP contribution in [0.15, 0.2) is 54.7 Å². The van der Waals surface area contributed by atoms with E-state index in [-0.39, 0.29) is 6.23 Å². The standard InChI is InChI=1S/C20H22N4O/c1-15-7-9-18(10-8-15)24-11-12-25-20(24)19-14-23(22-21-19)13-17-6-4-3-5-16(17)2/h3-10,14,20H,11-13H2,1-2H3/t20-/m0/s1. The third-order valence-electron chi connectivity index (χ3n) is 4.66. The van der Waals surface area contributed by atoms with E-state index in [1.165, 1.54) is 16.7 Å². The van der Waals surface area contributed by atoms with Crippen LogP contribution in [0.1, 0.15) is 28.6 Å². The summed E-state index contributed by atoms with van der Waals surface area (Å²) in [7, 11) is 0. The number of aryl methyl sites for hydroxylation is 2. The molecule has 1 aliphatic rings. The minimum atomic E-state index is -0.173. The lowest BCUT2D eigenvalue weighted by Crippen LogP contribution is -2.23. The fourth-order valence-corrected chi connectivity index (χ4v) is 3.18. The Morgan fingerprint density at radius 3 is 2.68 bits per heavy atom. The van der Waals surface area contributed by atoms with E-state index in [1.54, 1.807) is 0 Å². The van der Waals surface area contributed by atoms with Gasteiger partial charge in [-0.2, -0.15) is 0 Å². The fourth-order valence-electron chi connectivity index (χ4n) is 3.18. The molecule has 5 nitrogen and oxygen atoms in total. The molecule has 1 atom stereocenters. The van der Waals surface area contributed by atoms with Crippen molar-refractivity contribution in [2.45, 2.75) is 26.6 Å². The Balaban J connectivity index is 1.54. The largest absolute Gasteiger partial charge is 0.350 e. The van der Waals surface area contributed by atoms with E-state index in [0.29, 0.717) is 6.61 Å². The van der Waals surface area contributed by atoms with Crippen LogP contribution in [0.3, 0.4) is 0 Å². The molecule has 0 bridgehead atoms. The Hall–Kier alpha value is -2.66. The van der Waals surface area contributed by atoms with Crippen LogP contribution in [0, 0.1) is 13.8 Å². The van der Waals surface area contributed by atoms with Crippen LogP contribution in [0.2, 0.25) is 0 Å². The molecule has 1 aliphatic heterocycles. The molecule has 0 spiro atoms. The Morgan fingerprint density at radius 1 is 1.08 bits per heavy atom. The van der Waals surface area contributed by atoms with Crippen molar-refractivity contribution in [2.24, 2.45) is 0 Å². The van der Waals surface area contributed by atoms with Gasteiger partial charge in [0, 0.05) is 12.2 Å². The summed E-state index contributed by atoms with van der Waals surface area (Å²) in [6.07, 6.45) is 1.82. The highest BCUT2D eigenvalue weighted by atomic mass is 16.5. The van der Waals surface area contributed by atoms with Crippen LogP contribution in [0.5, 0.6) is 0 Å². The first-order valence-electron chi connectivity index (χ1n) is 8.60. The van der Waals surface area contributed by atoms with E-state index in [2.05, 4.69) is 77.6 Å². The van der Waals surface area contributed by atoms with Gasteiger partial charge in [0.05, 0.1) is 19.3 Å². The van der Waals surface area contributed by atoms with Crippen molar-refractivity contribution in [2.75, 3.05) is 18.1 Å². The first-order chi connectivity index (χ1) is 12.2. The normalized spacial score (nSPS) is 17.2. The monoisotopic (exact) mass is 334 g/mol. The van der Waals surface area contributed by atoms with Crippen LogP contribution < -0.4 is 4.90 Å². The Morgan fingerprint density at radius 2 is 1.88 bits per heavy atom. The van der Waals surface area contributed by atoms with Gasteiger partial charge in [-0.3, -0.25) is 0 Å². The molecular weight excluding hydrogens is 312 g/mol. The predicted octanol–water partition coefficient (Wildman–Crippen LogP) is 3.48. The number of ether oxygens (including phenoxy) is 1. The lowest BCUT2D eigenvalue weighted by molar-refractivity contribution is 0.110. The zero-order chi connectivity index (χ0) is 17.2. The Bertz CT molecular complexity index is 856. The summed E-state index contributed by atoms with van der Waals surface area (Å²) in [5.74, 6) is 0. The lowest BCUT2D eigenvalue weighted by Gasteiger charge is -2.23. The molecule has 0 amide bonds. The summed E-state index contributed by atoms with van der Waals surface area (Å²) in [4.78, 5) is 2.24. The average molecular weight is 334 g/mol. The maximum Gasteiger partial charge on any atom is 0.177 e. The number of benzene rings is 2. The number of rotatable bonds is 4. The van der Waals surface area contributed by atoms with Gasteiger partial charge in [-0.25, -0.2) is 4.68 Å². The van der Waals surface area contributed by atoms with E-state index < -0.39 is 0 Å². The maximum atomic E-state index is 5.93. The van der Waals surface area contributed by atoms with E-state index >= 15 is 0 Å². The summed E-state index contributed by atoms with van der Waals surface area (Å²) in [5, 5.41) is 8.66. The molecule has 25 heavy (non-hydrogen) atoms. The van der Waals surface area contributed by atoms with Gasteiger partial charge in [0.2, 0.25) is 0 Å². The smallest absolute Gasteiger partial charge is 0.177 e. The SMILES string of the molecule is Cc1ccc(N2CCO[C@H]2c2cn(Cc3ccccc3C)nn2)cc1. The molecular formula is C20H22N4O. The number of anilines is 1. The average Bonchev–Trinajstić information content (AvgIpc) is 3.27. The summed E-state index contributed by atoms with van der Waals surface area (Å²) in [6.45, 7) is 6.49. The third kappa shape index (κ3) is 3.28. The van der Waals surface area contributed by atoms with E-state index in [9.17, 15) is 0 Å². The molecule has 1 saturated heterocycles. The second kappa shape index (κ2) is 6.69. The molecule has 0 saturated carbocycles. The number of hydrogen-bond acceptors (Lipinski definition) is 4. The van der Waals surface area contributed by atoms with Gasteiger partial charge in [0.25, 0.3) is 0 Å². The van der Waals surface area contributed by atoms with Gasteiger partial charge in [-0.15, -0.1) is 5.10 Å². The van der Waals surface area contributed by atoms with Crippen molar-refractivity contribution in [3.05, 3.63) is 77.1 Å². The minimum absolute atomic E-state index is 0.173. The highest BCUT2D eigenvalue weighted by molar-refractivity contribution is 5.49. The molecule has 2 heterocycles. The maximum absolute atomic E-state index is 5.93. The highest BCUT2D eigenvalue weighted by Crippen LogP contribution is 2.31. The minimum Gasteiger partial charge on any atom is -0.350 e. The topological polar surface area (TPSA) is 43.2 Å². The molecule has 0 N–H and O–H groups in total. The third-order valence-corrected chi connectivity index (χ3v) is 4.66. The van der Waals surface area contributed by atoms with Crippen molar-refractivity contribution < 1.29 is 4.74 Å². The molecule has 3 aromatic rings. The molecule has 0 radical (unpaired) electrons. The Labute approximate surface area is 147 Å². The molecule has 0 unspecified atom stereocenters. The quantitative estimate of drug-likeness (QED) is 0.733. The number of nitrogens with zero attached hydrogens (tertiary/aromatic N) is 4. The summed E-state index contributed by atoms with van der Waals surface area (Å²) >= 11 is 0. The summed E-state index contributed by atoms with van der Waals surface area (Å²) in [6, 6.07) is 16.9. The van der Waals surface area contributed by atoms with Crippen LogP contribution in [0.4, 0.5) is 5.69 Å². The van der Waals surface area contributed by atoms with Crippen LogP contribution in [0.25, 0.3) is 0 Å². The van der Waals surface area contributed by atoms with E-state index in [1.807, 2.05) is 10.9 Å². The summed E-state index contributed by atoms with van der Waals surface area (Å²) in [5.41, 5.74) is 5.78. The van der Waals surface area contributed by atoms with Crippen LogP contribution >= 0.6 is 0 Å². The molecule has 2 aromatic carbocycles. The Kier molecular flexibility index (Phi) is 4.24. The van der Waals surface area contributed by atoms with Gasteiger partial charge in [-0.05, 0) is 37.1 Å². The van der Waals surface area contributed by atoms with Crippen molar-refractivity contribution in [3.8, 4) is 0 Å². The predicted molar refractivity (Wildman–Crippen MR) is 97.5 cm³/mol. The first-order valence-corrected chi connectivity index (χ1v) is 8.60. The molecule has 4 rings (SSSR count). The summed E-state index contributed by atoms with van der Waals surface area (Å²) < 4.78 is 7.82. The molecule has 5 heteroatoms. The molecule has 1 aromatic heterocycles. The van der Waals surface area contributed by atoms with E-state index in [4.69, 9.17) is 4.74 Å². The fraction of sp³-hybridized carbons (Fsp3) is 0.300. The van der Waals surface area contributed by atoms with Crippen LogP contribution in [-0.4, -0.2) is 28.1 Å².